The smallest absolute Gasteiger partial charge is 0.335 e. The number of hydrogen-bond donors (Lipinski definition) is 5. The molecule has 21 heavy (non-hydrogen) atoms. The first kappa shape index (κ1) is 16.1. The van der Waals surface area contributed by atoms with Gasteiger partial charge in [-0.05, 0) is 22.6 Å². The quantitative estimate of drug-likeness (QED) is 0.332. The maximum absolute atomic E-state index is 11.7. The lowest BCUT2D eigenvalue weighted by Gasteiger charge is -2.18. The SMILES string of the molecule is O=C(O)[C@H](O)[C@@H]1O[C@@H](n2cc(I)c(=O)[nH]c2=O)[C@@H](O)[C@@H]1O. The van der Waals surface area contributed by atoms with Crippen molar-refractivity contribution in [3.8, 4) is 0 Å². The molecule has 0 amide bonds. The summed E-state index contributed by atoms with van der Waals surface area (Å²) >= 11 is 1.65. The molecule has 0 aromatic carbocycles. The number of aromatic nitrogens is 2. The molecule has 0 aliphatic carbocycles. The molecular weight excluding hydrogens is 403 g/mol. The van der Waals surface area contributed by atoms with Crippen molar-refractivity contribution in [1.82, 2.24) is 9.55 Å². The molecule has 5 atom stereocenters. The van der Waals surface area contributed by atoms with Crippen LogP contribution in [0.15, 0.2) is 15.8 Å². The summed E-state index contributed by atoms with van der Waals surface area (Å²) in [6, 6.07) is 0. The number of halogens is 1. The van der Waals surface area contributed by atoms with E-state index < -0.39 is 47.9 Å². The fraction of sp³-hybridized carbons (Fsp3) is 0.500. The molecule has 1 aliphatic heterocycles. The van der Waals surface area contributed by atoms with E-state index in [9.17, 15) is 29.7 Å². The summed E-state index contributed by atoms with van der Waals surface area (Å²) in [5, 5.41) is 37.7. The zero-order chi connectivity index (χ0) is 15.9. The van der Waals surface area contributed by atoms with Gasteiger partial charge in [0.2, 0.25) is 0 Å². The van der Waals surface area contributed by atoms with Crippen molar-refractivity contribution in [3.05, 3.63) is 30.6 Å². The van der Waals surface area contributed by atoms with E-state index in [1.165, 1.54) is 0 Å². The average Bonchev–Trinajstić information content (AvgIpc) is 2.70. The van der Waals surface area contributed by atoms with Crippen molar-refractivity contribution in [2.75, 3.05) is 0 Å². The molecule has 1 saturated heterocycles. The van der Waals surface area contributed by atoms with Gasteiger partial charge in [0.15, 0.2) is 12.3 Å². The Labute approximate surface area is 129 Å². The zero-order valence-corrected chi connectivity index (χ0v) is 12.4. The third-order valence-corrected chi connectivity index (χ3v) is 3.81. The Hall–Kier alpha value is -1.28. The van der Waals surface area contributed by atoms with Gasteiger partial charge in [0.25, 0.3) is 5.56 Å². The van der Waals surface area contributed by atoms with Gasteiger partial charge in [0.1, 0.15) is 18.3 Å². The Morgan fingerprint density at radius 3 is 2.57 bits per heavy atom. The normalized spacial score (nSPS) is 30.3. The van der Waals surface area contributed by atoms with Crippen LogP contribution in [0.5, 0.6) is 0 Å². The van der Waals surface area contributed by atoms with E-state index in [0.29, 0.717) is 0 Å². The van der Waals surface area contributed by atoms with E-state index >= 15 is 0 Å². The van der Waals surface area contributed by atoms with Gasteiger partial charge in [0, 0.05) is 6.20 Å². The van der Waals surface area contributed by atoms with Gasteiger partial charge in [-0.1, -0.05) is 0 Å². The number of aromatic amines is 1. The van der Waals surface area contributed by atoms with Crippen LogP contribution in [0.4, 0.5) is 0 Å². The maximum atomic E-state index is 11.7. The number of hydrogen-bond acceptors (Lipinski definition) is 7. The van der Waals surface area contributed by atoms with Gasteiger partial charge in [0.05, 0.1) is 3.57 Å². The van der Waals surface area contributed by atoms with Gasteiger partial charge >= 0.3 is 11.7 Å². The lowest BCUT2D eigenvalue weighted by atomic mass is 10.1. The Bertz CT molecular complexity index is 670. The number of H-pyrrole nitrogens is 1. The van der Waals surface area contributed by atoms with Crippen LogP contribution in [-0.4, -0.2) is 60.4 Å². The number of nitrogens with one attached hydrogen (secondary N) is 1. The fourth-order valence-corrected chi connectivity index (χ4v) is 2.40. The summed E-state index contributed by atoms with van der Waals surface area (Å²) in [4.78, 5) is 35.6. The molecule has 10 nitrogen and oxygen atoms in total. The maximum Gasteiger partial charge on any atom is 0.335 e. The minimum atomic E-state index is -2.07. The molecule has 0 radical (unpaired) electrons. The summed E-state index contributed by atoms with van der Waals surface area (Å²) in [5.41, 5.74) is -1.53. The average molecular weight is 414 g/mol. The van der Waals surface area contributed by atoms with E-state index in [1.807, 2.05) is 4.98 Å². The van der Waals surface area contributed by atoms with Crippen molar-refractivity contribution in [2.24, 2.45) is 0 Å². The summed E-state index contributed by atoms with van der Waals surface area (Å²) in [6.07, 6.45) is -7.38. The fourth-order valence-electron chi connectivity index (χ4n) is 1.97. The lowest BCUT2D eigenvalue weighted by Crippen LogP contribution is -2.42. The predicted molar refractivity (Wildman–Crippen MR) is 73.6 cm³/mol. The third-order valence-electron chi connectivity index (χ3n) is 3.04. The van der Waals surface area contributed by atoms with Gasteiger partial charge in [-0.3, -0.25) is 14.3 Å². The first-order chi connectivity index (χ1) is 9.73. The zero-order valence-electron chi connectivity index (χ0n) is 10.2. The molecule has 0 spiro atoms. The largest absolute Gasteiger partial charge is 0.479 e. The van der Waals surface area contributed by atoms with E-state index in [0.717, 1.165) is 10.8 Å². The number of carbonyl (C=O) groups is 1. The second-order valence-corrected chi connectivity index (χ2v) is 5.56. The van der Waals surface area contributed by atoms with Crippen molar-refractivity contribution in [1.29, 1.82) is 0 Å². The summed E-state index contributed by atoms with van der Waals surface area (Å²) in [7, 11) is 0. The molecule has 0 bridgehead atoms. The Balaban J connectivity index is 2.38. The van der Waals surface area contributed by atoms with Crippen molar-refractivity contribution in [2.45, 2.75) is 30.6 Å². The topological polar surface area (TPSA) is 162 Å². The standard InChI is InChI=1S/C10H11IN2O8/c11-2-1-13(10(20)12-7(2)17)8-4(15)3(14)6(21-8)5(16)9(18)19/h1,3-6,8,14-16H,(H,18,19)(H,12,17,20)/t3-,4-,5+,6+,8+/m0/s1. The van der Waals surface area contributed by atoms with Crippen LogP contribution in [0.3, 0.4) is 0 Å². The van der Waals surface area contributed by atoms with Gasteiger partial charge in [-0.2, -0.15) is 0 Å². The van der Waals surface area contributed by atoms with E-state index in [1.54, 1.807) is 22.6 Å². The van der Waals surface area contributed by atoms with Crippen LogP contribution in [0.1, 0.15) is 6.23 Å². The number of aliphatic carboxylic acids is 1. The van der Waals surface area contributed by atoms with Crippen LogP contribution >= 0.6 is 22.6 Å². The number of nitrogens with zero attached hydrogens (tertiary/aromatic N) is 1. The van der Waals surface area contributed by atoms with Crippen LogP contribution in [0.2, 0.25) is 0 Å². The number of ether oxygens (including phenoxy) is 1. The molecule has 1 fully saturated rings. The number of aliphatic hydroxyl groups excluding tert-OH is 3. The van der Waals surface area contributed by atoms with Crippen LogP contribution in [-0.2, 0) is 9.53 Å². The monoisotopic (exact) mass is 414 g/mol. The number of carboxylic acids is 1. The Kier molecular flexibility index (Phi) is 4.48. The van der Waals surface area contributed by atoms with Crippen LogP contribution in [0.25, 0.3) is 0 Å². The molecule has 5 N–H and O–H groups in total. The first-order valence-corrected chi connectivity index (χ1v) is 6.75. The molecular formula is C10H11IN2O8. The van der Waals surface area contributed by atoms with Gasteiger partial charge in [-0.25, -0.2) is 9.59 Å². The predicted octanol–water partition coefficient (Wildman–Crippen LogP) is -2.79. The number of carboxylic acid groups (broad SMARTS) is 1. The Morgan fingerprint density at radius 1 is 1.38 bits per heavy atom. The van der Waals surface area contributed by atoms with E-state index in [4.69, 9.17) is 9.84 Å². The van der Waals surface area contributed by atoms with E-state index in [-0.39, 0.29) is 3.57 Å². The highest BCUT2D eigenvalue weighted by atomic mass is 127. The molecule has 2 heterocycles. The molecule has 0 saturated carbocycles. The highest BCUT2D eigenvalue weighted by Gasteiger charge is 2.49. The number of rotatable bonds is 3. The molecule has 2 rings (SSSR count). The molecule has 0 unspecified atom stereocenters. The van der Waals surface area contributed by atoms with Crippen molar-refractivity contribution < 1.29 is 30.0 Å². The minimum absolute atomic E-state index is 0.125. The van der Waals surface area contributed by atoms with Gasteiger partial charge < -0.3 is 25.2 Å². The van der Waals surface area contributed by atoms with Crippen molar-refractivity contribution >= 4 is 28.6 Å². The van der Waals surface area contributed by atoms with E-state index in [2.05, 4.69) is 0 Å². The second kappa shape index (κ2) is 5.84. The molecule has 1 aliphatic rings. The highest BCUT2D eigenvalue weighted by molar-refractivity contribution is 14.1. The van der Waals surface area contributed by atoms with Crippen molar-refractivity contribution in [3.63, 3.8) is 0 Å². The highest BCUT2D eigenvalue weighted by Crippen LogP contribution is 2.30. The molecule has 116 valence electrons. The second-order valence-electron chi connectivity index (χ2n) is 4.40. The lowest BCUT2D eigenvalue weighted by molar-refractivity contribution is -0.160. The summed E-state index contributed by atoms with van der Waals surface area (Å²) < 4.78 is 6.01. The number of aliphatic hydroxyl groups is 3. The summed E-state index contributed by atoms with van der Waals surface area (Å²) in [6.45, 7) is 0. The van der Waals surface area contributed by atoms with Gasteiger partial charge in [-0.15, -0.1) is 0 Å². The summed E-state index contributed by atoms with van der Waals surface area (Å²) in [5.74, 6) is -1.64. The molecule has 1 aromatic rings. The Morgan fingerprint density at radius 2 is 2.00 bits per heavy atom. The van der Waals surface area contributed by atoms with Crippen LogP contribution in [0, 0.1) is 3.57 Å². The molecule has 11 heteroatoms. The van der Waals surface area contributed by atoms with Crippen LogP contribution < -0.4 is 11.2 Å². The first-order valence-electron chi connectivity index (χ1n) is 5.67. The molecule has 1 aromatic heterocycles. The third kappa shape index (κ3) is 2.87. The minimum Gasteiger partial charge on any atom is -0.479 e.